The standard InChI is InChI=1S/C21H33N5O3S2/c1-14-7-10-26(11-8-14)21(27)19-15(2)23-20(30-19)17-13-18(16(3)25(17)6)31(28,29)22-9-12-24(4)5/h13-14,22H,7-12H2,1-6H3. The number of likely N-dealkylation sites (N-methyl/N-ethyl adjacent to an activating group) is 1. The van der Waals surface area contributed by atoms with Gasteiger partial charge in [0.2, 0.25) is 10.0 Å². The number of carbonyl (C=O) groups excluding carboxylic acids is 1. The van der Waals surface area contributed by atoms with Crippen molar-refractivity contribution in [1.82, 2.24) is 24.1 Å². The summed E-state index contributed by atoms with van der Waals surface area (Å²) in [6.45, 7) is 8.35. The third kappa shape index (κ3) is 5.19. The molecule has 0 spiro atoms. The highest BCUT2D eigenvalue weighted by molar-refractivity contribution is 7.89. The van der Waals surface area contributed by atoms with E-state index in [9.17, 15) is 13.2 Å². The number of hydrogen-bond donors (Lipinski definition) is 1. The van der Waals surface area contributed by atoms with Crippen molar-refractivity contribution in [3.05, 3.63) is 22.3 Å². The van der Waals surface area contributed by atoms with Crippen LogP contribution >= 0.6 is 11.3 Å². The second-order valence-corrected chi connectivity index (χ2v) is 11.4. The third-order valence-electron chi connectivity index (χ3n) is 5.91. The van der Waals surface area contributed by atoms with Crippen LogP contribution in [0, 0.1) is 19.8 Å². The maximum Gasteiger partial charge on any atom is 0.265 e. The van der Waals surface area contributed by atoms with Gasteiger partial charge < -0.3 is 14.4 Å². The van der Waals surface area contributed by atoms with Gasteiger partial charge in [0.15, 0.2) is 0 Å². The molecule has 31 heavy (non-hydrogen) atoms. The number of nitrogens with zero attached hydrogens (tertiary/aromatic N) is 4. The highest BCUT2D eigenvalue weighted by Crippen LogP contribution is 2.33. The number of aromatic nitrogens is 2. The number of amides is 1. The maximum atomic E-state index is 13.0. The Morgan fingerprint density at radius 1 is 1.29 bits per heavy atom. The zero-order valence-electron chi connectivity index (χ0n) is 19.2. The Hall–Kier alpha value is -1.75. The number of piperidine rings is 1. The van der Waals surface area contributed by atoms with E-state index in [-0.39, 0.29) is 10.8 Å². The average Bonchev–Trinajstić information content (AvgIpc) is 3.22. The minimum atomic E-state index is -3.63. The van der Waals surface area contributed by atoms with Crippen molar-refractivity contribution in [3.8, 4) is 10.7 Å². The van der Waals surface area contributed by atoms with Crippen molar-refractivity contribution in [1.29, 1.82) is 0 Å². The molecule has 172 valence electrons. The molecule has 8 nitrogen and oxygen atoms in total. The monoisotopic (exact) mass is 467 g/mol. The fraction of sp³-hybridized carbons (Fsp3) is 0.619. The summed E-state index contributed by atoms with van der Waals surface area (Å²) in [7, 11) is 1.99. The van der Waals surface area contributed by atoms with Crippen LogP contribution in [0.5, 0.6) is 0 Å². The lowest BCUT2D eigenvalue weighted by Crippen LogP contribution is -2.37. The molecule has 1 fully saturated rings. The quantitative estimate of drug-likeness (QED) is 0.676. The number of carbonyl (C=O) groups is 1. The fourth-order valence-corrected chi connectivity index (χ4v) is 6.08. The van der Waals surface area contributed by atoms with E-state index in [1.807, 2.05) is 42.4 Å². The Labute approximate surface area is 189 Å². The number of rotatable bonds is 7. The lowest BCUT2D eigenvalue weighted by Gasteiger charge is -2.30. The van der Waals surface area contributed by atoms with Crippen LogP contribution in [0.1, 0.15) is 40.8 Å². The Bertz CT molecular complexity index is 1050. The van der Waals surface area contributed by atoms with Crippen molar-refractivity contribution in [2.75, 3.05) is 40.3 Å². The first-order valence-electron chi connectivity index (χ1n) is 10.6. The highest BCUT2D eigenvalue weighted by atomic mass is 32.2. The first-order chi connectivity index (χ1) is 14.5. The molecule has 1 aliphatic heterocycles. The van der Waals surface area contributed by atoms with E-state index in [0.717, 1.165) is 25.9 Å². The normalized spacial score (nSPS) is 15.8. The summed E-state index contributed by atoms with van der Waals surface area (Å²) in [6.07, 6.45) is 2.05. The number of aryl methyl sites for hydroxylation is 1. The van der Waals surface area contributed by atoms with Gasteiger partial charge in [0.1, 0.15) is 14.8 Å². The minimum Gasteiger partial charge on any atom is -0.345 e. The number of likely N-dealkylation sites (tertiary alicyclic amines) is 1. The maximum absolute atomic E-state index is 13.0. The highest BCUT2D eigenvalue weighted by Gasteiger charge is 2.27. The van der Waals surface area contributed by atoms with Gasteiger partial charge in [-0.05, 0) is 52.8 Å². The molecule has 10 heteroatoms. The molecule has 3 heterocycles. The largest absolute Gasteiger partial charge is 0.345 e. The molecule has 0 unspecified atom stereocenters. The van der Waals surface area contributed by atoms with Crippen LogP contribution in [0.25, 0.3) is 10.7 Å². The minimum absolute atomic E-state index is 0.0253. The molecule has 0 bridgehead atoms. The lowest BCUT2D eigenvalue weighted by molar-refractivity contribution is 0.0701. The lowest BCUT2D eigenvalue weighted by atomic mass is 9.99. The predicted molar refractivity (Wildman–Crippen MR) is 124 cm³/mol. The molecule has 0 aromatic carbocycles. The van der Waals surface area contributed by atoms with Crippen LogP contribution in [0.2, 0.25) is 0 Å². The van der Waals surface area contributed by atoms with Crippen LogP contribution < -0.4 is 4.72 Å². The second kappa shape index (κ2) is 9.40. The number of hydrogen-bond acceptors (Lipinski definition) is 6. The van der Waals surface area contributed by atoms with Gasteiger partial charge in [0, 0.05) is 38.9 Å². The van der Waals surface area contributed by atoms with E-state index >= 15 is 0 Å². The third-order valence-corrected chi connectivity index (χ3v) is 8.65. The summed E-state index contributed by atoms with van der Waals surface area (Å²) in [4.78, 5) is 22.4. The molecule has 1 N–H and O–H groups in total. The van der Waals surface area contributed by atoms with E-state index in [1.165, 1.54) is 11.3 Å². The molecule has 1 amide bonds. The molecule has 1 saturated heterocycles. The molecular formula is C21H33N5O3S2. The van der Waals surface area contributed by atoms with Crippen LogP contribution in [-0.4, -0.2) is 74.0 Å². The Morgan fingerprint density at radius 3 is 2.55 bits per heavy atom. The summed E-state index contributed by atoms with van der Waals surface area (Å²) in [5, 5.41) is 0.659. The van der Waals surface area contributed by atoms with E-state index in [2.05, 4.69) is 16.6 Å². The van der Waals surface area contributed by atoms with Crippen LogP contribution in [0.4, 0.5) is 0 Å². The van der Waals surface area contributed by atoms with E-state index in [4.69, 9.17) is 0 Å². The summed E-state index contributed by atoms with van der Waals surface area (Å²) >= 11 is 1.34. The number of sulfonamides is 1. The smallest absolute Gasteiger partial charge is 0.265 e. The van der Waals surface area contributed by atoms with Gasteiger partial charge in [-0.2, -0.15) is 0 Å². The molecular weight excluding hydrogens is 434 g/mol. The van der Waals surface area contributed by atoms with Gasteiger partial charge in [-0.15, -0.1) is 11.3 Å². The first-order valence-corrected chi connectivity index (χ1v) is 12.9. The Kier molecular flexibility index (Phi) is 7.25. The molecule has 0 atom stereocenters. The van der Waals surface area contributed by atoms with Gasteiger partial charge in [0.25, 0.3) is 5.91 Å². The van der Waals surface area contributed by atoms with Crippen molar-refractivity contribution in [3.63, 3.8) is 0 Å². The molecule has 0 radical (unpaired) electrons. The fourth-order valence-electron chi connectivity index (χ4n) is 3.69. The van der Waals surface area contributed by atoms with Crippen molar-refractivity contribution < 1.29 is 13.2 Å². The van der Waals surface area contributed by atoms with Crippen LogP contribution in [0.15, 0.2) is 11.0 Å². The van der Waals surface area contributed by atoms with Gasteiger partial charge >= 0.3 is 0 Å². The average molecular weight is 468 g/mol. The second-order valence-electron chi connectivity index (χ2n) is 8.65. The first kappa shape index (κ1) is 23.9. The Morgan fingerprint density at radius 2 is 1.94 bits per heavy atom. The molecule has 0 saturated carbocycles. The van der Waals surface area contributed by atoms with Gasteiger partial charge in [-0.25, -0.2) is 18.1 Å². The Balaban J connectivity index is 1.86. The van der Waals surface area contributed by atoms with E-state index < -0.39 is 10.0 Å². The summed E-state index contributed by atoms with van der Waals surface area (Å²) in [6, 6.07) is 1.66. The zero-order chi connectivity index (χ0) is 22.9. The molecule has 3 rings (SSSR count). The van der Waals surface area contributed by atoms with Crippen molar-refractivity contribution in [2.45, 2.75) is 38.5 Å². The van der Waals surface area contributed by atoms with Crippen LogP contribution in [0.3, 0.4) is 0 Å². The van der Waals surface area contributed by atoms with E-state index in [1.54, 1.807) is 13.0 Å². The molecule has 2 aromatic heterocycles. The van der Waals surface area contributed by atoms with E-state index in [0.29, 0.717) is 46.0 Å². The van der Waals surface area contributed by atoms with Gasteiger partial charge in [-0.1, -0.05) is 6.92 Å². The zero-order valence-corrected chi connectivity index (χ0v) is 20.9. The topological polar surface area (TPSA) is 87.5 Å². The molecule has 1 aliphatic rings. The SMILES string of the molecule is Cc1nc(-c2cc(S(=O)(=O)NCCN(C)C)c(C)n2C)sc1C(=O)N1CCC(C)CC1. The molecule has 0 aliphatic carbocycles. The molecule has 2 aromatic rings. The summed E-state index contributed by atoms with van der Waals surface area (Å²) in [5.41, 5.74) is 2.03. The number of thiazole rings is 1. The van der Waals surface area contributed by atoms with Crippen LogP contribution in [-0.2, 0) is 17.1 Å². The predicted octanol–water partition coefficient (Wildman–Crippen LogP) is 2.48. The van der Waals surface area contributed by atoms with Crippen molar-refractivity contribution >= 4 is 27.3 Å². The van der Waals surface area contributed by atoms with Gasteiger partial charge in [0.05, 0.1) is 11.4 Å². The van der Waals surface area contributed by atoms with Gasteiger partial charge in [-0.3, -0.25) is 4.79 Å². The summed E-state index contributed by atoms with van der Waals surface area (Å²) in [5.74, 6) is 0.678. The number of nitrogens with one attached hydrogen (secondary N) is 1. The van der Waals surface area contributed by atoms with Crippen molar-refractivity contribution in [2.24, 2.45) is 13.0 Å². The summed E-state index contributed by atoms with van der Waals surface area (Å²) < 4.78 is 30.1.